The van der Waals surface area contributed by atoms with Crippen molar-refractivity contribution in [3.05, 3.63) is 45.5 Å². The highest BCUT2D eigenvalue weighted by molar-refractivity contribution is 7.16. The fourth-order valence-corrected chi connectivity index (χ4v) is 6.69. The van der Waals surface area contributed by atoms with Crippen LogP contribution in [0.5, 0.6) is 11.5 Å². The number of furan rings is 1. The first-order chi connectivity index (χ1) is 18.7. The van der Waals surface area contributed by atoms with Crippen molar-refractivity contribution in [2.45, 2.75) is 70.6 Å². The zero-order valence-corrected chi connectivity index (χ0v) is 23.6. The van der Waals surface area contributed by atoms with Crippen LogP contribution >= 0.6 is 22.7 Å². The minimum atomic E-state index is -1.15. The highest BCUT2D eigenvalue weighted by Crippen LogP contribution is 2.41. The second-order valence-electron chi connectivity index (χ2n) is 9.91. The molecule has 1 aliphatic heterocycles. The van der Waals surface area contributed by atoms with Crippen molar-refractivity contribution in [2.24, 2.45) is 0 Å². The van der Waals surface area contributed by atoms with Gasteiger partial charge in [0.25, 0.3) is 0 Å². The third kappa shape index (κ3) is 5.02. The van der Waals surface area contributed by atoms with Gasteiger partial charge in [-0.15, -0.1) is 11.3 Å². The molecule has 39 heavy (non-hydrogen) atoms. The number of aromatic nitrogens is 4. The van der Waals surface area contributed by atoms with E-state index in [9.17, 15) is 9.50 Å². The summed E-state index contributed by atoms with van der Waals surface area (Å²) in [6.07, 6.45) is 2.44. The lowest BCUT2D eigenvalue weighted by Crippen LogP contribution is -2.42. The van der Waals surface area contributed by atoms with Crippen LogP contribution in [-0.2, 0) is 16.9 Å². The number of aliphatic hydroxyl groups is 1. The van der Waals surface area contributed by atoms with E-state index in [0.717, 1.165) is 17.5 Å². The van der Waals surface area contributed by atoms with Crippen LogP contribution in [-0.4, -0.2) is 44.0 Å². The summed E-state index contributed by atoms with van der Waals surface area (Å²) in [5, 5.41) is 19.4. The Morgan fingerprint density at radius 1 is 1.28 bits per heavy atom. The normalized spacial score (nSPS) is 22.5. The number of benzene rings is 1. The van der Waals surface area contributed by atoms with E-state index in [1.807, 2.05) is 18.4 Å². The fourth-order valence-electron chi connectivity index (χ4n) is 4.96. The van der Waals surface area contributed by atoms with Crippen LogP contribution in [0.3, 0.4) is 0 Å². The summed E-state index contributed by atoms with van der Waals surface area (Å²) in [6.45, 7) is 5.72. The van der Waals surface area contributed by atoms with Crippen LogP contribution < -0.4 is 9.47 Å². The number of methoxy groups -OCH3 is 1. The van der Waals surface area contributed by atoms with Crippen LogP contribution in [0.25, 0.3) is 27.4 Å². The Balaban J connectivity index is 1.25. The van der Waals surface area contributed by atoms with Crippen molar-refractivity contribution in [3.8, 4) is 23.0 Å². The number of nitrogens with zero attached hydrogens (tertiary/aromatic N) is 4. The molecule has 4 aromatic heterocycles. The average molecular weight is 573 g/mol. The van der Waals surface area contributed by atoms with E-state index in [2.05, 4.69) is 17.0 Å². The summed E-state index contributed by atoms with van der Waals surface area (Å²) in [7, 11) is 1.58. The molecule has 12 heteroatoms. The highest BCUT2D eigenvalue weighted by atomic mass is 32.1. The monoisotopic (exact) mass is 572 g/mol. The van der Waals surface area contributed by atoms with Gasteiger partial charge in [-0.3, -0.25) is 0 Å². The molecule has 1 aromatic carbocycles. The molecular formula is C27H29FN4O5S2. The van der Waals surface area contributed by atoms with E-state index >= 15 is 0 Å². The lowest BCUT2D eigenvalue weighted by molar-refractivity contribution is -0.142. The maximum atomic E-state index is 13.6. The first-order valence-corrected chi connectivity index (χ1v) is 14.5. The number of rotatable bonds is 8. The molecule has 0 saturated carbocycles. The quantitative estimate of drug-likeness (QED) is 0.226. The van der Waals surface area contributed by atoms with Gasteiger partial charge in [-0.1, -0.05) is 18.3 Å². The van der Waals surface area contributed by atoms with Gasteiger partial charge in [-0.05, 0) is 26.3 Å². The molecule has 6 rings (SSSR count). The van der Waals surface area contributed by atoms with E-state index in [4.69, 9.17) is 23.6 Å². The van der Waals surface area contributed by atoms with Gasteiger partial charge in [-0.25, -0.2) is 18.9 Å². The minimum Gasteiger partial charge on any atom is -0.496 e. The maximum Gasteiger partial charge on any atom is 0.212 e. The first kappa shape index (κ1) is 26.2. The van der Waals surface area contributed by atoms with Gasteiger partial charge in [0.05, 0.1) is 36.6 Å². The lowest BCUT2D eigenvalue weighted by atomic mass is 9.87. The molecule has 3 unspecified atom stereocenters. The molecule has 1 fully saturated rings. The van der Waals surface area contributed by atoms with Crippen LogP contribution in [0.1, 0.15) is 61.9 Å². The summed E-state index contributed by atoms with van der Waals surface area (Å²) < 4.78 is 38.9. The summed E-state index contributed by atoms with van der Waals surface area (Å²) in [5.74, 6) is 1.70. The van der Waals surface area contributed by atoms with Gasteiger partial charge in [0.15, 0.2) is 16.9 Å². The van der Waals surface area contributed by atoms with Gasteiger partial charge in [0, 0.05) is 30.4 Å². The Bertz CT molecular complexity index is 1590. The summed E-state index contributed by atoms with van der Waals surface area (Å²) in [6, 6.07) is 5.45. The third-order valence-electron chi connectivity index (χ3n) is 6.86. The second-order valence-corrected chi connectivity index (χ2v) is 11.8. The topological polar surface area (TPSA) is 104 Å². The smallest absolute Gasteiger partial charge is 0.212 e. The molecule has 0 aliphatic carbocycles. The van der Waals surface area contributed by atoms with Crippen molar-refractivity contribution < 1.29 is 28.1 Å². The van der Waals surface area contributed by atoms with Crippen LogP contribution in [0.2, 0.25) is 0 Å². The molecule has 0 radical (unpaired) electrons. The predicted octanol–water partition coefficient (Wildman–Crippen LogP) is 6.44. The molecule has 9 nitrogen and oxygen atoms in total. The Morgan fingerprint density at radius 2 is 2.13 bits per heavy atom. The Labute approximate surface area is 232 Å². The molecule has 0 spiro atoms. The highest BCUT2D eigenvalue weighted by Gasteiger charge is 2.41. The third-order valence-corrected chi connectivity index (χ3v) is 9.02. The number of fused-ring (bicyclic) bond motifs is 2. The van der Waals surface area contributed by atoms with Crippen molar-refractivity contribution in [1.29, 1.82) is 0 Å². The summed E-state index contributed by atoms with van der Waals surface area (Å²) in [4.78, 5) is 9.88. The largest absolute Gasteiger partial charge is 0.496 e. The zero-order valence-electron chi connectivity index (χ0n) is 22.0. The summed E-state index contributed by atoms with van der Waals surface area (Å²) in [5.41, 5.74) is 0.895. The fraction of sp³-hybridized carbons (Fsp3) is 0.444. The van der Waals surface area contributed by atoms with Crippen molar-refractivity contribution in [3.63, 3.8) is 0 Å². The van der Waals surface area contributed by atoms with E-state index in [0.29, 0.717) is 56.4 Å². The van der Waals surface area contributed by atoms with Gasteiger partial charge in [0.1, 0.15) is 40.0 Å². The number of imidazole rings is 1. The molecular weight excluding hydrogens is 543 g/mol. The van der Waals surface area contributed by atoms with Crippen molar-refractivity contribution >= 4 is 38.6 Å². The maximum absolute atomic E-state index is 13.6. The van der Waals surface area contributed by atoms with E-state index in [1.165, 1.54) is 29.6 Å². The van der Waals surface area contributed by atoms with E-state index in [1.54, 1.807) is 30.0 Å². The van der Waals surface area contributed by atoms with Gasteiger partial charge < -0.3 is 23.7 Å². The number of ether oxygens (including phenoxy) is 3. The number of hydrogen-bond acceptors (Lipinski definition) is 10. The Hall–Kier alpha value is -3.06. The van der Waals surface area contributed by atoms with Crippen LogP contribution in [0.4, 0.5) is 4.39 Å². The van der Waals surface area contributed by atoms with E-state index in [-0.39, 0.29) is 18.8 Å². The van der Waals surface area contributed by atoms with E-state index < -0.39 is 11.8 Å². The van der Waals surface area contributed by atoms with Gasteiger partial charge in [-0.2, -0.15) is 5.10 Å². The molecule has 1 N–H and O–H groups in total. The minimum absolute atomic E-state index is 0.0129. The van der Waals surface area contributed by atoms with Crippen LogP contribution in [0, 0.1) is 0 Å². The SMILES string of the molecule is CCC1CC(O)(c2nc(COc3cc(OC)cc4oc(-c5cn6nc([C@H](C)F)sc6n5)cc34)cs2)CC(C)O1. The Kier molecular flexibility index (Phi) is 6.82. The number of thiazole rings is 1. The summed E-state index contributed by atoms with van der Waals surface area (Å²) >= 11 is 2.65. The van der Waals surface area contributed by atoms with Gasteiger partial charge >= 0.3 is 0 Å². The molecule has 4 atom stereocenters. The van der Waals surface area contributed by atoms with Gasteiger partial charge in [0.2, 0.25) is 4.96 Å². The second kappa shape index (κ2) is 10.2. The molecule has 0 bridgehead atoms. The average Bonchev–Trinajstić information content (AvgIpc) is 3.68. The molecule has 1 saturated heterocycles. The molecule has 1 aliphatic rings. The van der Waals surface area contributed by atoms with Crippen LogP contribution in [0.15, 0.2) is 34.2 Å². The molecule has 0 amide bonds. The first-order valence-electron chi connectivity index (χ1n) is 12.8. The van der Waals surface area contributed by atoms with Crippen molar-refractivity contribution in [1.82, 2.24) is 19.6 Å². The Morgan fingerprint density at radius 3 is 2.87 bits per heavy atom. The zero-order chi connectivity index (χ0) is 27.3. The predicted molar refractivity (Wildman–Crippen MR) is 146 cm³/mol. The number of halogens is 1. The standard InChI is InChI=1S/C27H29FN4O5S2/c1-5-17-10-27(33,9-14(2)36-17)25-29-16(13-38-25)12-35-21-6-18(34-4)7-22-19(21)8-23(37-22)20-11-32-26(30-20)39-24(31-32)15(3)28/h6-8,11,13-15,17,33H,5,9-10,12H2,1-4H3/t14?,15-,17?,27?/m0/s1. The molecule has 5 heterocycles. The van der Waals surface area contributed by atoms with Crippen molar-refractivity contribution in [2.75, 3.05) is 7.11 Å². The lowest BCUT2D eigenvalue weighted by Gasteiger charge is -2.38. The number of alkyl halides is 1. The molecule has 206 valence electrons. The molecule has 5 aromatic rings. The number of hydrogen-bond donors (Lipinski definition) is 1.